The summed E-state index contributed by atoms with van der Waals surface area (Å²) in [7, 11) is 0. The molecule has 28 heavy (non-hydrogen) atoms. The monoisotopic (exact) mass is 383 g/mol. The van der Waals surface area contributed by atoms with E-state index in [4.69, 9.17) is 5.11 Å². The number of benzene rings is 2. The number of carbonyl (C=O) groups excluding carboxylic acids is 1. The van der Waals surface area contributed by atoms with Crippen LogP contribution in [0, 0.1) is 16.0 Å². The van der Waals surface area contributed by atoms with Gasteiger partial charge in [0.05, 0.1) is 10.8 Å². The highest BCUT2D eigenvalue weighted by Crippen LogP contribution is 2.17. The van der Waals surface area contributed by atoms with Gasteiger partial charge < -0.3 is 5.11 Å². The molecule has 0 bridgehead atoms. The van der Waals surface area contributed by atoms with Crippen molar-refractivity contribution in [1.82, 2.24) is 0 Å². The SMILES string of the molecule is CC(C)Cc1ccc(C(C)C(=O)O)cc1.O=C/C=C/c1ccc([N+](=O)[O-])cc1. The van der Waals surface area contributed by atoms with Crippen LogP contribution in [0.15, 0.2) is 54.6 Å². The Labute approximate surface area is 164 Å². The fourth-order valence-electron chi connectivity index (χ4n) is 2.41. The van der Waals surface area contributed by atoms with Gasteiger partial charge in [0.25, 0.3) is 5.69 Å². The second-order valence-electron chi connectivity index (χ2n) is 6.74. The number of non-ortho nitro benzene ring substituents is 1. The Bertz CT molecular complexity index is 808. The van der Waals surface area contributed by atoms with E-state index in [2.05, 4.69) is 13.8 Å². The van der Waals surface area contributed by atoms with Crippen molar-refractivity contribution >= 4 is 24.0 Å². The molecule has 1 atom stereocenters. The van der Waals surface area contributed by atoms with Gasteiger partial charge >= 0.3 is 5.97 Å². The van der Waals surface area contributed by atoms with E-state index < -0.39 is 16.8 Å². The van der Waals surface area contributed by atoms with Crippen LogP contribution >= 0.6 is 0 Å². The Morgan fingerprint density at radius 2 is 1.64 bits per heavy atom. The Hall–Kier alpha value is -3.28. The number of carboxylic acid groups (broad SMARTS) is 1. The first kappa shape index (κ1) is 22.8. The van der Waals surface area contributed by atoms with Crippen LogP contribution in [0.3, 0.4) is 0 Å². The van der Waals surface area contributed by atoms with Crippen LogP contribution in [0.1, 0.15) is 43.4 Å². The number of aldehydes is 1. The molecule has 1 unspecified atom stereocenters. The van der Waals surface area contributed by atoms with Crippen molar-refractivity contribution in [2.75, 3.05) is 0 Å². The van der Waals surface area contributed by atoms with Gasteiger partial charge in [-0.15, -0.1) is 0 Å². The minimum absolute atomic E-state index is 0.0447. The predicted molar refractivity (Wildman–Crippen MR) is 109 cm³/mol. The van der Waals surface area contributed by atoms with Crippen LogP contribution in [0.5, 0.6) is 0 Å². The van der Waals surface area contributed by atoms with Gasteiger partial charge in [-0.3, -0.25) is 19.7 Å². The predicted octanol–water partition coefficient (Wildman–Crippen LogP) is 4.88. The lowest BCUT2D eigenvalue weighted by Crippen LogP contribution is -2.07. The Kier molecular flexibility index (Phi) is 9.30. The van der Waals surface area contributed by atoms with E-state index in [1.807, 2.05) is 24.3 Å². The molecule has 0 spiro atoms. The van der Waals surface area contributed by atoms with Crippen LogP contribution in [0.25, 0.3) is 6.08 Å². The molecular formula is C22H25NO5. The van der Waals surface area contributed by atoms with Crippen LogP contribution in [0.2, 0.25) is 0 Å². The summed E-state index contributed by atoms with van der Waals surface area (Å²) < 4.78 is 0. The molecule has 0 aromatic heterocycles. The van der Waals surface area contributed by atoms with Gasteiger partial charge in [0.2, 0.25) is 0 Å². The highest BCUT2D eigenvalue weighted by molar-refractivity contribution is 5.75. The fraction of sp³-hybridized carbons (Fsp3) is 0.273. The lowest BCUT2D eigenvalue weighted by Gasteiger charge is -2.09. The zero-order valence-electron chi connectivity index (χ0n) is 16.2. The van der Waals surface area contributed by atoms with Crippen molar-refractivity contribution < 1.29 is 19.6 Å². The van der Waals surface area contributed by atoms with Crippen LogP contribution in [0.4, 0.5) is 5.69 Å². The van der Waals surface area contributed by atoms with E-state index in [-0.39, 0.29) is 5.69 Å². The minimum atomic E-state index is -0.772. The summed E-state index contributed by atoms with van der Waals surface area (Å²) in [5.74, 6) is -0.558. The molecule has 0 saturated heterocycles. The molecule has 148 valence electrons. The van der Waals surface area contributed by atoms with E-state index in [0.717, 1.165) is 17.5 Å². The number of nitro benzene ring substituents is 1. The lowest BCUT2D eigenvalue weighted by molar-refractivity contribution is -0.384. The number of nitro groups is 1. The van der Waals surface area contributed by atoms with E-state index in [9.17, 15) is 19.7 Å². The molecule has 1 N–H and O–H groups in total. The molecule has 2 rings (SSSR count). The summed E-state index contributed by atoms with van der Waals surface area (Å²) in [6.07, 6.45) is 4.61. The van der Waals surface area contributed by atoms with Crippen molar-refractivity contribution in [2.45, 2.75) is 33.1 Å². The number of hydrogen-bond acceptors (Lipinski definition) is 4. The largest absolute Gasteiger partial charge is 0.481 e. The highest BCUT2D eigenvalue weighted by Gasteiger charge is 2.12. The van der Waals surface area contributed by atoms with Crippen molar-refractivity contribution in [1.29, 1.82) is 0 Å². The zero-order valence-corrected chi connectivity index (χ0v) is 16.2. The first-order chi connectivity index (χ1) is 13.2. The van der Waals surface area contributed by atoms with Gasteiger partial charge in [-0.1, -0.05) is 44.2 Å². The van der Waals surface area contributed by atoms with Gasteiger partial charge in [0, 0.05) is 12.1 Å². The Morgan fingerprint density at radius 1 is 1.07 bits per heavy atom. The number of rotatable bonds is 7. The standard InChI is InChI=1S/C13H18O2.C9H7NO3/c1-9(2)8-11-4-6-12(7-5-11)10(3)13(14)15;11-7-1-2-8-3-5-9(6-4-8)10(12)13/h4-7,9-10H,8H2,1-3H3,(H,14,15);1-7H/b;2-1+. The van der Waals surface area contributed by atoms with Gasteiger partial charge in [-0.25, -0.2) is 0 Å². The maximum Gasteiger partial charge on any atom is 0.310 e. The number of hydrogen-bond donors (Lipinski definition) is 1. The number of carboxylic acids is 1. The number of aliphatic carboxylic acids is 1. The summed E-state index contributed by atoms with van der Waals surface area (Å²) in [6.45, 7) is 6.06. The molecule has 0 heterocycles. The van der Waals surface area contributed by atoms with Crippen molar-refractivity contribution in [3.63, 3.8) is 0 Å². The zero-order chi connectivity index (χ0) is 21.1. The molecule has 0 aliphatic heterocycles. The molecule has 0 saturated carbocycles. The molecule has 2 aromatic carbocycles. The van der Waals surface area contributed by atoms with Crippen molar-refractivity contribution in [2.24, 2.45) is 5.92 Å². The molecule has 6 nitrogen and oxygen atoms in total. The Morgan fingerprint density at radius 3 is 2.07 bits per heavy atom. The number of carbonyl (C=O) groups is 2. The second-order valence-corrected chi connectivity index (χ2v) is 6.74. The molecule has 2 aromatic rings. The second kappa shape index (κ2) is 11.4. The maximum absolute atomic E-state index is 10.8. The van der Waals surface area contributed by atoms with E-state index in [1.54, 1.807) is 25.1 Å². The smallest absolute Gasteiger partial charge is 0.310 e. The van der Waals surface area contributed by atoms with E-state index in [0.29, 0.717) is 12.2 Å². The first-order valence-corrected chi connectivity index (χ1v) is 8.92. The van der Waals surface area contributed by atoms with E-state index in [1.165, 1.54) is 23.8 Å². The van der Waals surface area contributed by atoms with Gasteiger partial charge in [-0.2, -0.15) is 0 Å². The molecule has 0 aliphatic carbocycles. The Balaban J connectivity index is 0.000000283. The molecule has 0 aliphatic rings. The summed E-state index contributed by atoms with van der Waals surface area (Å²) >= 11 is 0. The van der Waals surface area contributed by atoms with Crippen LogP contribution < -0.4 is 0 Å². The summed E-state index contributed by atoms with van der Waals surface area (Å²) in [5.41, 5.74) is 2.95. The first-order valence-electron chi connectivity index (χ1n) is 8.92. The minimum Gasteiger partial charge on any atom is -0.481 e. The molecule has 0 radical (unpaired) electrons. The third-order valence-corrected chi connectivity index (χ3v) is 3.97. The summed E-state index contributed by atoms with van der Waals surface area (Å²) in [4.78, 5) is 30.5. The number of allylic oxidation sites excluding steroid dienone is 1. The number of nitrogens with zero attached hydrogens (tertiary/aromatic N) is 1. The normalized spacial score (nSPS) is 11.6. The third kappa shape index (κ3) is 7.95. The molecule has 0 amide bonds. The molecule has 6 heteroatoms. The molecule has 0 fully saturated rings. The van der Waals surface area contributed by atoms with Crippen LogP contribution in [-0.2, 0) is 16.0 Å². The molecular weight excluding hydrogens is 358 g/mol. The topological polar surface area (TPSA) is 97.5 Å². The third-order valence-electron chi connectivity index (χ3n) is 3.97. The van der Waals surface area contributed by atoms with Crippen molar-refractivity contribution in [3.05, 3.63) is 81.4 Å². The highest BCUT2D eigenvalue weighted by atomic mass is 16.6. The quantitative estimate of drug-likeness (QED) is 0.318. The summed E-state index contributed by atoms with van der Waals surface area (Å²) in [6, 6.07) is 13.8. The van der Waals surface area contributed by atoms with Crippen molar-refractivity contribution in [3.8, 4) is 0 Å². The van der Waals surface area contributed by atoms with Crippen LogP contribution in [-0.4, -0.2) is 22.3 Å². The van der Waals surface area contributed by atoms with Gasteiger partial charge in [-0.05, 0) is 54.2 Å². The van der Waals surface area contributed by atoms with Gasteiger partial charge in [0.1, 0.15) is 6.29 Å². The van der Waals surface area contributed by atoms with Gasteiger partial charge in [0.15, 0.2) is 0 Å². The average Bonchev–Trinajstić information content (AvgIpc) is 2.66. The summed E-state index contributed by atoms with van der Waals surface area (Å²) in [5, 5.41) is 19.1. The van der Waals surface area contributed by atoms with E-state index >= 15 is 0 Å². The lowest BCUT2D eigenvalue weighted by atomic mass is 9.97. The average molecular weight is 383 g/mol. The fourth-order valence-corrected chi connectivity index (χ4v) is 2.41. The maximum atomic E-state index is 10.8.